The highest BCUT2D eigenvalue weighted by Crippen LogP contribution is 2.26. The second-order valence-corrected chi connectivity index (χ2v) is 6.52. The lowest BCUT2D eigenvalue weighted by atomic mass is 9.94. The Kier molecular flexibility index (Phi) is 5.25. The molecule has 1 aliphatic heterocycles. The monoisotopic (exact) mass is 328 g/mol. The van der Waals surface area contributed by atoms with E-state index >= 15 is 0 Å². The van der Waals surface area contributed by atoms with Crippen LogP contribution in [0.15, 0.2) is 30.7 Å². The molecule has 24 heavy (non-hydrogen) atoms. The maximum atomic E-state index is 10.7. The maximum absolute atomic E-state index is 10.7. The maximum Gasteiger partial charge on any atom is 0.303 e. The van der Waals surface area contributed by atoms with Crippen LogP contribution >= 0.6 is 0 Å². The fourth-order valence-corrected chi connectivity index (χ4v) is 3.31. The number of aryl methyl sites for hydroxylation is 2. The molecule has 2 aromatic heterocycles. The van der Waals surface area contributed by atoms with Gasteiger partial charge in [0.1, 0.15) is 0 Å². The summed E-state index contributed by atoms with van der Waals surface area (Å²) in [4.78, 5) is 22.1. The lowest BCUT2D eigenvalue weighted by Gasteiger charge is -2.32. The molecule has 0 aliphatic carbocycles. The number of piperidine rings is 1. The molecule has 3 rings (SSSR count). The van der Waals surface area contributed by atoms with E-state index in [9.17, 15) is 4.79 Å². The molecule has 128 valence electrons. The number of carboxylic acid groups (broad SMARTS) is 1. The van der Waals surface area contributed by atoms with E-state index in [2.05, 4.69) is 20.5 Å². The highest BCUT2D eigenvalue weighted by Gasteiger charge is 2.23. The number of aromatic nitrogens is 3. The van der Waals surface area contributed by atoms with Crippen LogP contribution in [0.4, 0.5) is 0 Å². The summed E-state index contributed by atoms with van der Waals surface area (Å²) in [6, 6.07) is 5.99. The van der Waals surface area contributed by atoms with E-state index < -0.39 is 5.97 Å². The van der Waals surface area contributed by atoms with Gasteiger partial charge in [-0.3, -0.25) is 14.7 Å². The molecule has 0 bridgehead atoms. The molecule has 0 aromatic carbocycles. The summed E-state index contributed by atoms with van der Waals surface area (Å²) in [6.07, 6.45) is 6.68. The first-order valence-corrected chi connectivity index (χ1v) is 8.47. The van der Waals surface area contributed by atoms with Crippen molar-refractivity contribution in [2.45, 2.75) is 38.1 Å². The Labute approximate surface area is 142 Å². The lowest BCUT2D eigenvalue weighted by Crippen LogP contribution is -2.34. The van der Waals surface area contributed by atoms with Gasteiger partial charge in [0, 0.05) is 50.1 Å². The van der Waals surface area contributed by atoms with Gasteiger partial charge >= 0.3 is 5.97 Å². The third kappa shape index (κ3) is 4.20. The number of hydrogen-bond acceptors (Lipinski definition) is 4. The number of pyridine rings is 1. The standard InChI is InChI=1S/C18H24N4O2/c1-21-13-19-10-16(21)12-22-9-3-4-14(11-22)17-6-2-5-15(20-17)7-8-18(23)24/h2,5-6,10,13-14H,3-4,7-9,11-12H2,1H3,(H,23,24). The molecule has 6 nitrogen and oxygen atoms in total. The van der Waals surface area contributed by atoms with Gasteiger partial charge in [-0.05, 0) is 31.5 Å². The van der Waals surface area contributed by atoms with Gasteiger partial charge in [-0.15, -0.1) is 0 Å². The largest absolute Gasteiger partial charge is 0.481 e. The Morgan fingerprint density at radius 2 is 2.29 bits per heavy atom. The Hall–Kier alpha value is -2.21. The van der Waals surface area contributed by atoms with Crippen LogP contribution in [0.2, 0.25) is 0 Å². The predicted octanol–water partition coefficient (Wildman–Crippen LogP) is 2.21. The molecule has 6 heteroatoms. The lowest BCUT2D eigenvalue weighted by molar-refractivity contribution is -0.136. The summed E-state index contributed by atoms with van der Waals surface area (Å²) in [5.41, 5.74) is 3.19. The van der Waals surface area contributed by atoms with Crippen LogP contribution in [0.3, 0.4) is 0 Å². The van der Waals surface area contributed by atoms with E-state index in [-0.39, 0.29) is 6.42 Å². The van der Waals surface area contributed by atoms with Gasteiger partial charge in [-0.1, -0.05) is 6.07 Å². The topological polar surface area (TPSA) is 71.2 Å². The summed E-state index contributed by atoms with van der Waals surface area (Å²) in [5.74, 6) is -0.362. The fraction of sp³-hybridized carbons (Fsp3) is 0.500. The number of imidazole rings is 1. The number of aliphatic carboxylic acids is 1. The molecule has 1 aliphatic rings. The highest BCUT2D eigenvalue weighted by atomic mass is 16.4. The summed E-state index contributed by atoms with van der Waals surface area (Å²) in [5, 5.41) is 8.83. The second kappa shape index (κ2) is 7.57. The fourth-order valence-electron chi connectivity index (χ4n) is 3.31. The smallest absolute Gasteiger partial charge is 0.303 e. The molecule has 2 aromatic rings. The molecular formula is C18H24N4O2. The number of likely N-dealkylation sites (tertiary alicyclic amines) is 1. The Balaban J connectivity index is 1.65. The van der Waals surface area contributed by atoms with Crippen molar-refractivity contribution in [3.05, 3.63) is 47.8 Å². The SMILES string of the molecule is Cn1cncc1CN1CCCC(c2cccc(CCC(=O)O)n2)C1. The minimum absolute atomic E-state index is 0.133. The Morgan fingerprint density at radius 3 is 3.04 bits per heavy atom. The van der Waals surface area contributed by atoms with Crippen molar-refractivity contribution in [1.82, 2.24) is 19.4 Å². The van der Waals surface area contributed by atoms with E-state index in [4.69, 9.17) is 10.1 Å². The van der Waals surface area contributed by atoms with Gasteiger partial charge < -0.3 is 9.67 Å². The van der Waals surface area contributed by atoms with Crippen molar-refractivity contribution in [3.8, 4) is 0 Å². The molecule has 1 saturated heterocycles. The summed E-state index contributed by atoms with van der Waals surface area (Å²) < 4.78 is 2.06. The van der Waals surface area contributed by atoms with E-state index in [1.54, 1.807) is 0 Å². The summed E-state index contributed by atoms with van der Waals surface area (Å²) in [7, 11) is 2.03. The molecule has 3 heterocycles. The number of carboxylic acids is 1. The third-order valence-corrected chi connectivity index (χ3v) is 4.65. The van der Waals surface area contributed by atoms with E-state index in [0.29, 0.717) is 12.3 Å². The van der Waals surface area contributed by atoms with Crippen molar-refractivity contribution in [2.75, 3.05) is 13.1 Å². The van der Waals surface area contributed by atoms with Gasteiger partial charge in [-0.25, -0.2) is 4.98 Å². The zero-order valence-corrected chi connectivity index (χ0v) is 14.1. The second-order valence-electron chi connectivity index (χ2n) is 6.52. The Morgan fingerprint density at radius 1 is 1.42 bits per heavy atom. The van der Waals surface area contributed by atoms with Gasteiger partial charge in [0.15, 0.2) is 0 Å². The summed E-state index contributed by atoms with van der Waals surface area (Å²) >= 11 is 0. The molecule has 1 atom stereocenters. The van der Waals surface area contributed by atoms with Gasteiger partial charge in [0.05, 0.1) is 18.4 Å². The third-order valence-electron chi connectivity index (χ3n) is 4.65. The van der Waals surface area contributed by atoms with Crippen molar-refractivity contribution >= 4 is 5.97 Å². The van der Waals surface area contributed by atoms with Crippen LogP contribution in [0.25, 0.3) is 0 Å². The average molecular weight is 328 g/mol. The van der Waals surface area contributed by atoms with Crippen LogP contribution < -0.4 is 0 Å². The molecular weight excluding hydrogens is 304 g/mol. The molecule has 1 unspecified atom stereocenters. The minimum atomic E-state index is -0.776. The molecule has 0 amide bonds. The van der Waals surface area contributed by atoms with E-state index in [1.807, 2.05) is 31.7 Å². The van der Waals surface area contributed by atoms with Crippen LogP contribution in [-0.4, -0.2) is 43.6 Å². The first kappa shape index (κ1) is 16.6. The van der Waals surface area contributed by atoms with Gasteiger partial charge in [-0.2, -0.15) is 0 Å². The molecule has 1 fully saturated rings. The van der Waals surface area contributed by atoms with Crippen LogP contribution in [0, 0.1) is 0 Å². The number of nitrogens with zero attached hydrogens (tertiary/aromatic N) is 4. The highest BCUT2D eigenvalue weighted by molar-refractivity contribution is 5.66. The number of carbonyl (C=O) groups is 1. The first-order valence-electron chi connectivity index (χ1n) is 8.47. The zero-order chi connectivity index (χ0) is 16.9. The first-order chi connectivity index (χ1) is 11.6. The molecule has 1 N–H and O–H groups in total. The quantitative estimate of drug-likeness (QED) is 0.880. The average Bonchev–Trinajstić information content (AvgIpc) is 2.98. The minimum Gasteiger partial charge on any atom is -0.481 e. The van der Waals surface area contributed by atoms with Crippen LogP contribution in [0.5, 0.6) is 0 Å². The van der Waals surface area contributed by atoms with Gasteiger partial charge in [0.2, 0.25) is 0 Å². The molecule has 0 spiro atoms. The van der Waals surface area contributed by atoms with Crippen molar-refractivity contribution in [3.63, 3.8) is 0 Å². The van der Waals surface area contributed by atoms with Gasteiger partial charge in [0.25, 0.3) is 0 Å². The van der Waals surface area contributed by atoms with E-state index in [1.165, 1.54) is 5.69 Å². The van der Waals surface area contributed by atoms with Crippen LogP contribution in [0.1, 0.15) is 42.3 Å². The number of hydrogen-bond donors (Lipinski definition) is 1. The number of rotatable bonds is 6. The summed E-state index contributed by atoms with van der Waals surface area (Å²) in [6.45, 7) is 2.99. The van der Waals surface area contributed by atoms with E-state index in [0.717, 1.165) is 43.9 Å². The zero-order valence-electron chi connectivity index (χ0n) is 14.1. The van der Waals surface area contributed by atoms with Crippen molar-refractivity contribution in [2.24, 2.45) is 7.05 Å². The predicted molar refractivity (Wildman–Crippen MR) is 90.7 cm³/mol. The van der Waals surface area contributed by atoms with Crippen molar-refractivity contribution in [1.29, 1.82) is 0 Å². The van der Waals surface area contributed by atoms with Crippen molar-refractivity contribution < 1.29 is 9.90 Å². The normalized spacial score (nSPS) is 18.6. The van der Waals surface area contributed by atoms with Crippen LogP contribution in [-0.2, 0) is 24.8 Å². The Bertz CT molecular complexity index is 698. The molecule has 0 radical (unpaired) electrons. The molecule has 0 saturated carbocycles.